The third-order valence-electron chi connectivity index (χ3n) is 9.94. The third kappa shape index (κ3) is 4.04. The third-order valence-corrected chi connectivity index (χ3v) is 10.4. The summed E-state index contributed by atoms with van der Waals surface area (Å²) < 4.78 is 1.12. The van der Waals surface area contributed by atoms with Crippen molar-refractivity contribution in [3.63, 3.8) is 0 Å². The van der Waals surface area contributed by atoms with E-state index in [9.17, 15) is 0 Å². The SMILES string of the molecule is CC1(C)c2ccccc2-c2ccc(N(c3ccc(-c4ccccc4)cc3)c3ccc4c(c3)C(C)(C)c3cc(Br)ccc3-4)cc21. The van der Waals surface area contributed by atoms with Crippen LogP contribution >= 0.6 is 15.9 Å². The van der Waals surface area contributed by atoms with Crippen LogP contribution in [0.1, 0.15) is 49.9 Å². The Labute approximate surface area is 269 Å². The lowest BCUT2D eigenvalue weighted by molar-refractivity contribution is 0.659. The van der Waals surface area contributed by atoms with Crippen LogP contribution < -0.4 is 4.90 Å². The second kappa shape index (κ2) is 9.81. The van der Waals surface area contributed by atoms with Crippen LogP contribution in [0.3, 0.4) is 0 Å². The lowest BCUT2D eigenvalue weighted by Crippen LogP contribution is -2.18. The van der Waals surface area contributed by atoms with Gasteiger partial charge < -0.3 is 4.90 Å². The lowest BCUT2D eigenvalue weighted by atomic mass is 9.82. The maximum atomic E-state index is 3.72. The Bertz CT molecular complexity index is 2070. The molecule has 44 heavy (non-hydrogen) atoms. The lowest BCUT2D eigenvalue weighted by Gasteiger charge is -2.30. The first-order chi connectivity index (χ1) is 21.2. The molecule has 0 heterocycles. The summed E-state index contributed by atoms with van der Waals surface area (Å²) in [6.07, 6.45) is 0. The Hall–Kier alpha value is -4.40. The van der Waals surface area contributed by atoms with E-state index >= 15 is 0 Å². The first kappa shape index (κ1) is 27.2. The maximum Gasteiger partial charge on any atom is 0.0465 e. The predicted molar refractivity (Wildman–Crippen MR) is 189 cm³/mol. The van der Waals surface area contributed by atoms with E-state index in [-0.39, 0.29) is 10.8 Å². The van der Waals surface area contributed by atoms with Crippen molar-refractivity contribution in [2.24, 2.45) is 0 Å². The van der Waals surface area contributed by atoms with Gasteiger partial charge in [-0.25, -0.2) is 0 Å². The minimum absolute atomic E-state index is 0.0697. The van der Waals surface area contributed by atoms with E-state index in [1.54, 1.807) is 0 Å². The van der Waals surface area contributed by atoms with Crippen molar-refractivity contribution in [2.45, 2.75) is 38.5 Å². The molecular weight excluding hydrogens is 598 g/mol. The molecule has 8 rings (SSSR count). The molecule has 0 fully saturated rings. The van der Waals surface area contributed by atoms with Gasteiger partial charge in [-0.15, -0.1) is 0 Å². The average molecular weight is 633 g/mol. The molecule has 0 N–H and O–H groups in total. The van der Waals surface area contributed by atoms with Crippen LogP contribution in [0.2, 0.25) is 0 Å². The molecule has 0 saturated heterocycles. The van der Waals surface area contributed by atoms with Crippen molar-refractivity contribution in [1.29, 1.82) is 0 Å². The van der Waals surface area contributed by atoms with Gasteiger partial charge in [0.2, 0.25) is 0 Å². The molecule has 214 valence electrons. The van der Waals surface area contributed by atoms with Crippen LogP contribution in [-0.4, -0.2) is 0 Å². The van der Waals surface area contributed by atoms with Crippen LogP contribution in [0.4, 0.5) is 17.1 Å². The van der Waals surface area contributed by atoms with Gasteiger partial charge in [-0.05, 0) is 104 Å². The average Bonchev–Trinajstić information content (AvgIpc) is 3.41. The number of fused-ring (bicyclic) bond motifs is 6. The fraction of sp³-hybridized carbons (Fsp3) is 0.143. The van der Waals surface area contributed by atoms with Crippen LogP contribution in [0.15, 0.2) is 138 Å². The van der Waals surface area contributed by atoms with Gasteiger partial charge in [0.05, 0.1) is 0 Å². The second-order valence-electron chi connectivity index (χ2n) is 13.2. The molecule has 0 radical (unpaired) electrons. The molecule has 0 aliphatic heterocycles. The summed E-state index contributed by atoms with van der Waals surface area (Å²) in [5.41, 5.74) is 16.6. The normalized spacial score (nSPS) is 14.8. The van der Waals surface area contributed by atoms with E-state index in [2.05, 4.69) is 182 Å². The molecule has 1 nitrogen and oxygen atoms in total. The van der Waals surface area contributed by atoms with Crippen molar-refractivity contribution in [3.05, 3.63) is 160 Å². The number of anilines is 3. The van der Waals surface area contributed by atoms with Gasteiger partial charge in [0, 0.05) is 32.4 Å². The van der Waals surface area contributed by atoms with E-state index in [0.717, 1.165) is 10.2 Å². The Kier molecular flexibility index (Phi) is 6.06. The van der Waals surface area contributed by atoms with E-state index in [1.165, 1.54) is 67.0 Å². The molecule has 0 amide bonds. The largest absolute Gasteiger partial charge is 0.310 e. The van der Waals surface area contributed by atoms with Crippen LogP contribution in [0.25, 0.3) is 33.4 Å². The summed E-state index contributed by atoms with van der Waals surface area (Å²) in [5, 5.41) is 0. The molecule has 6 aromatic carbocycles. The summed E-state index contributed by atoms with van der Waals surface area (Å²) in [5.74, 6) is 0. The minimum Gasteiger partial charge on any atom is -0.310 e. The summed E-state index contributed by atoms with van der Waals surface area (Å²) >= 11 is 3.72. The topological polar surface area (TPSA) is 3.24 Å². The Balaban J connectivity index is 1.30. The van der Waals surface area contributed by atoms with E-state index in [0.29, 0.717) is 0 Å². The first-order valence-corrected chi connectivity index (χ1v) is 16.2. The van der Waals surface area contributed by atoms with Gasteiger partial charge in [-0.2, -0.15) is 0 Å². The number of rotatable bonds is 4. The molecule has 6 aromatic rings. The van der Waals surface area contributed by atoms with Gasteiger partial charge >= 0.3 is 0 Å². The van der Waals surface area contributed by atoms with Crippen molar-refractivity contribution in [2.75, 3.05) is 4.90 Å². The van der Waals surface area contributed by atoms with Crippen molar-refractivity contribution < 1.29 is 0 Å². The molecule has 0 bridgehead atoms. The van der Waals surface area contributed by atoms with E-state index < -0.39 is 0 Å². The number of hydrogen-bond donors (Lipinski definition) is 0. The molecule has 0 unspecified atom stereocenters. The number of hydrogen-bond acceptors (Lipinski definition) is 1. The van der Waals surface area contributed by atoms with Gasteiger partial charge in [0.15, 0.2) is 0 Å². The standard InChI is InChI=1S/C42H34BrN/c1-41(2)37-13-9-8-12-33(37)35-22-19-31(25-39(35)41)44(30-17-14-28(15-18-30)27-10-6-5-7-11-27)32-20-23-36-34-21-16-29(43)24-38(34)42(3,4)40(36)26-32/h5-26H,1-4H3. The Morgan fingerprint density at radius 1 is 0.409 bits per heavy atom. The minimum atomic E-state index is -0.102. The zero-order valence-corrected chi connectivity index (χ0v) is 27.1. The molecule has 0 spiro atoms. The van der Waals surface area contributed by atoms with Gasteiger partial charge in [0.25, 0.3) is 0 Å². The molecular formula is C42H34BrN. The van der Waals surface area contributed by atoms with Crippen molar-refractivity contribution in [3.8, 4) is 33.4 Å². The zero-order valence-electron chi connectivity index (χ0n) is 25.5. The predicted octanol–water partition coefficient (Wildman–Crippen LogP) is 12.2. The van der Waals surface area contributed by atoms with Crippen LogP contribution in [-0.2, 0) is 10.8 Å². The van der Waals surface area contributed by atoms with E-state index in [1.807, 2.05) is 0 Å². The van der Waals surface area contributed by atoms with Crippen LogP contribution in [0, 0.1) is 0 Å². The molecule has 0 saturated carbocycles. The fourth-order valence-electron chi connectivity index (χ4n) is 7.55. The van der Waals surface area contributed by atoms with E-state index in [4.69, 9.17) is 0 Å². The van der Waals surface area contributed by atoms with Gasteiger partial charge in [-0.1, -0.05) is 129 Å². The van der Waals surface area contributed by atoms with Crippen LogP contribution in [0.5, 0.6) is 0 Å². The molecule has 2 heteroatoms. The van der Waals surface area contributed by atoms with Gasteiger partial charge in [0.1, 0.15) is 0 Å². The molecule has 0 aromatic heterocycles. The summed E-state index contributed by atoms with van der Waals surface area (Å²) in [4.78, 5) is 2.43. The first-order valence-electron chi connectivity index (χ1n) is 15.4. The summed E-state index contributed by atoms with van der Waals surface area (Å²) in [6.45, 7) is 9.41. The Morgan fingerprint density at radius 3 is 1.50 bits per heavy atom. The number of benzene rings is 6. The number of nitrogens with zero attached hydrogens (tertiary/aromatic N) is 1. The highest BCUT2D eigenvalue weighted by Gasteiger charge is 2.37. The second-order valence-corrected chi connectivity index (χ2v) is 14.1. The fourth-order valence-corrected chi connectivity index (χ4v) is 7.91. The number of halogens is 1. The highest BCUT2D eigenvalue weighted by molar-refractivity contribution is 9.10. The molecule has 2 aliphatic carbocycles. The quantitative estimate of drug-likeness (QED) is 0.187. The smallest absolute Gasteiger partial charge is 0.0465 e. The highest BCUT2D eigenvalue weighted by atomic mass is 79.9. The monoisotopic (exact) mass is 631 g/mol. The zero-order chi connectivity index (χ0) is 30.2. The highest BCUT2D eigenvalue weighted by Crippen LogP contribution is 2.53. The van der Waals surface area contributed by atoms with Crippen molar-refractivity contribution >= 4 is 33.0 Å². The Morgan fingerprint density at radius 2 is 0.864 bits per heavy atom. The van der Waals surface area contributed by atoms with Crippen molar-refractivity contribution in [1.82, 2.24) is 0 Å². The molecule has 0 atom stereocenters. The molecule has 2 aliphatic rings. The summed E-state index contributed by atoms with van der Waals surface area (Å²) in [7, 11) is 0. The van der Waals surface area contributed by atoms with Gasteiger partial charge in [-0.3, -0.25) is 0 Å². The maximum absolute atomic E-state index is 3.72. The summed E-state index contributed by atoms with van der Waals surface area (Å²) in [6, 6.07) is 49.3.